The number of hydrogen-bond acceptors (Lipinski definition) is 14. The lowest BCUT2D eigenvalue weighted by Crippen LogP contribution is -2.57. The maximum atomic E-state index is 12.2. The molecule has 3 atom stereocenters. The van der Waals surface area contributed by atoms with Gasteiger partial charge in [-0.05, 0) is 61.9 Å². The average Bonchev–Trinajstić information content (AvgIpc) is 2.99. The van der Waals surface area contributed by atoms with Gasteiger partial charge in [-0.1, -0.05) is 12.1 Å². The Kier molecular flexibility index (Phi) is 8.69. The highest BCUT2D eigenvalue weighted by Gasteiger charge is 2.53. The van der Waals surface area contributed by atoms with Crippen LogP contribution in [-0.2, 0) is 30.4 Å². The average molecular weight is 735 g/mol. The highest BCUT2D eigenvalue weighted by atomic mass is 32.2. The molecule has 3 unspecified atom stereocenters. The van der Waals surface area contributed by atoms with E-state index in [1.165, 1.54) is 55.5 Å². The van der Waals surface area contributed by atoms with Crippen LogP contribution >= 0.6 is 0 Å². The Morgan fingerprint density at radius 2 is 1.47 bits per heavy atom. The van der Waals surface area contributed by atoms with E-state index in [0.29, 0.717) is 6.08 Å². The van der Waals surface area contributed by atoms with Crippen molar-refractivity contribution in [3.05, 3.63) is 98.7 Å². The Balaban J connectivity index is 1.62. The summed E-state index contributed by atoms with van der Waals surface area (Å²) in [6, 6.07) is 11.5. The number of fused-ring (bicyclic) bond motifs is 2. The lowest BCUT2D eigenvalue weighted by atomic mass is 9.72. The third-order valence-corrected chi connectivity index (χ3v) is 11.0. The van der Waals surface area contributed by atoms with Crippen molar-refractivity contribution in [3.8, 4) is 0 Å². The number of rotatable bonds is 8. The quantitative estimate of drug-likeness (QED) is 0.0866. The number of nitro benzene ring substituents is 1. The van der Waals surface area contributed by atoms with E-state index in [0.717, 1.165) is 19.1 Å². The Bertz CT molecular complexity index is 2420. The Labute approximate surface area is 278 Å². The molecule has 0 saturated heterocycles. The van der Waals surface area contributed by atoms with Crippen LogP contribution in [0.4, 0.5) is 22.7 Å². The number of nitrogens with zero attached hydrogens (tertiary/aromatic N) is 5. The molecule has 0 spiro atoms. The number of nitrogens with two attached hydrogens (primary N) is 1. The van der Waals surface area contributed by atoms with Crippen LogP contribution in [0, 0.1) is 10.1 Å². The van der Waals surface area contributed by atoms with E-state index >= 15 is 0 Å². The first kappa shape index (κ1) is 35.5. The molecule has 0 heterocycles. The molecular weight excluding hydrogens is 709 g/mol. The molecular formula is C28H26N6O12S3. The summed E-state index contributed by atoms with van der Waals surface area (Å²) >= 11 is 0. The van der Waals surface area contributed by atoms with Crippen molar-refractivity contribution in [2.75, 3.05) is 0 Å². The molecule has 0 radical (unpaired) electrons. The molecule has 0 aromatic heterocycles. The van der Waals surface area contributed by atoms with Crippen molar-refractivity contribution < 1.29 is 48.9 Å². The number of aliphatic hydroxyl groups is 1. The predicted molar refractivity (Wildman–Crippen MR) is 174 cm³/mol. The van der Waals surface area contributed by atoms with E-state index in [2.05, 4.69) is 20.5 Å². The molecule has 3 aromatic rings. The number of non-ortho nitro benzene ring substituents is 1. The van der Waals surface area contributed by atoms with Gasteiger partial charge in [0.1, 0.15) is 16.5 Å². The van der Waals surface area contributed by atoms with Gasteiger partial charge in [0.2, 0.25) is 0 Å². The number of azo groups is 2. The van der Waals surface area contributed by atoms with Gasteiger partial charge in [0, 0.05) is 34.9 Å². The van der Waals surface area contributed by atoms with Gasteiger partial charge in [0.15, 0.2) is 0 Å². The third-order valence-electron chi connectivity index (χ3n) is 7.97. The summed E-state index contributed by atoms with van der Waals surface area (Å²) in [4.78, 5) is 8.94. The highest BCUT2D eigenvalue weighted by Crippen LogP contribution is 2.48. The summed E-state index contributed by atoms with van der Waals surface area (Å²) in [5.74, 6) is -0.724. The van der Waals surface area contributed by atoms with Crippen molar-refractivity contribution in [1.82, 2.24) is 0 Å². The standard InChI is InChI=1S/C28H26N6O12S3/c1-27(12-11-19-23(48(41,42)43)14-24(49(44,45)46)28(2,29)25(19)26(27)35)33-32-22-10-9-21(18-8-7-17(13-20(18)22)47(38,39)40)31-30-15-3-5-16(6-4-15)34(36)37/h3-11,13-14,24,35H,12,29H2,1-2H3,(H,38,39,40)(H,41,42,43)(H,44,45,46). The second-order valence-corrected chi connectivity index (χ2v) is 15.9. The molecule has 49 heavy (non-hydrogen) atoms. The Morgan fingerprint density at radius 3 is 2.02 bits per heavy atom. The summed E-state index contributed by atoms with van der Waals surface area (Å²) in [6.45, 7) is 2.48. The summed E-state index contributed by atoms with van der Waals surface area (Å²) < 4.78 is 102. The maximum absolute atomic E-state index is 12.2. The monoisotopic (exact) mass is 734 g/mol. The molecule has 2 aliphatic carbocycles. The largest absolute Gasteiger partial charge is 0.509 e. The van der Waals surface area contributed by atoms with Gasteiger partial charge in [-0.15, -0.1) is 5.11 Å². The van der Waals surface area contributed by atoms with E-state index in [4.69, 9.17) is 5.73 Å². The van der Waals surface area contributed by atoms with Crippen molar-refractivity contribution in [2.45, 2.75) is 41.5 Å². The van der Waals surface area contributed by atoms with Gasteiger partial charge >= 0.3 is 0 Å². The van der Waals surface area contributed by atoms with Crippen LogP contribution in [0.25, 0.3) is 10.8 Å². The second kappa shape index (κ2) is 12.0. The number of allylic oxidation sites excluding steroid dienone is 1. The van der Waals surface area contributed by atoms with Crippen LogP contribution in [0.2, 0.25) is 0 Å². The van der Waals surface area contributed by atoms with Crippen LogP contribution in [0.3, 0.4) is 0 Å². The van der Waals surface area contributed by atoms with Crippen LogP contribution < -0.4 is 5.73 Å². The Hall–Kier alpha value is -4.77. The Morgan fingerprint density at radius 1 is 0.857 bits per heavy atom. The molecule has 0 amide bonds. The van der Waals surface area contributed by atoms with Crippen LogP contribution in [0.15, 0.2) is 114 Å². The first-order valence-electron chi connectivity index (χ1n) is 13.8. The molecule has 0 bridgehead atoms. The van der Waals surface area contributed by atoms with E-state index < -0.39 is 72.7 Å². The summed E-state index contributed by atoms with van der Waals surface area (Å²) in [5, 5.41) is 37.3. The van der Waals surface area contributed by atoms with Gasteiger partial charge in [-0.25, -0.2) is 0 Å². The molecule has 258 valence electrons. The van der Waals surface area contributed by atoms with Gasteiger partial charge in [-0.3, -0.25) is 23.8 Å². The van der Waals surface area contributed by atoms with Crippen LogP contribution in [-0.4, -0.2) is 65.3 Å². The van der Waals surface area contributed by atoms with E-state index in [9.17, 15) is 54.1 Å². The molecule has 0 aliphatic heterocycles. The zero-order valence-electron chi connectivity index (χ0n) is 25.2. The third kappa shape index (κ3) is 6.76. The van der Waals surface area contributed by atoms with Crippen molar-refractivity contribution in [1.29, 1.82) is 0 Å². The second-order valence-electron chi connectivity index (χ2n) is 11.5. The molecule has 18 nitrogen and oxygen atoms in total. The zero-order chi connectivity index (χ0) is 36.3. The summed E-state index contributed by atoms with van der Waals surface area (Å²) in [6.07, 6.45) is 1.57. The van der Waals surface area contributed by atoms with Crippen LogP contribution in [0.1, 0.15) is 20.3 Å². The van der Waals surface area contributed by atoms with Gasteiger partial charge < -0.3 is 10.8 Å². The normalized spacial score (nSPS) is 23.5. The van der Waals surface area contributed by atoms with Gasteiger partial charge in [0.05, 0.1) is 37.3 Å². The fourth-order valence-corrected chi connectivity index (χ4v) is 7.87. The maximum Gasteiger partial charge on any atom is 0.294 e. The first-order valence-corrected chi connectivity index (χ1v) is 18.2. The SMILES string of the molecule is CC1(N=Nc2ccc(N=Nc3ccc([N+](=O)[O-])cc3)c3ccc(S(=O)(=O)O)cc23)CC=C2C(S(=O)(=O)O)=CC(S(=O)(=O)O)C(C)(N)C2=C1O. The zero-order valence-corrected chi connectivity index (χ0v) is 27.7. The minimum Gasteiger partial charge on any atom is -0.509 e. The van der Waals surface area contributed by atoms with Crippen LogP contribution in [0.5, 0.6) is 0 Å². The summed E-state index contributed by atoms with van der Waals surface area (Å²) in [7, 11) is -14.9. The smallest absolute Gasteiger partial charge is 0.294 e. The fraction of sp³-hybridized carbons (Fsp3) is 0.214. The van der Waals surface area contributed by atoms with Gasteiger partial charge in [0.25, 0.3) is 36.0 Å². The molecule has 6 N–H and O–H groups in total. The van der Waals surface area contributed by atoms with Crippen molar-refractivity contribution >= 4 is 63.9 Å². The minimum atomic E-state index is -5.08. The molecule has 5 rings (SSSR count). The van der Waals surface area contributed by atoms with Gasteiger partial charge in [-0.2, -0.15) is 40.6 Å². The van der Waals surface area contributed by atoms with Crippen molar-refractivity contribution in [2.24, 2.45) is 26.2 Å². The molecule has 21 heteroatoms. The topological polar surface area (TPSA) is 302 Å². The number of aliphatic hydroxyl groups excluding tert-OH is 1. The molecule has 2 aliphatic rings. The van der Waals surface area contributed by atoms with E-state index in [1.807, 2.05) is 0 Å². The lowest BCUT2D eigenvalue weighted by Gasteiger charge is -2.42. The predicted octanol–water partition coefficient (Wildman–Crippen LogP) is 5.15. The van der Waals surface area contributed by atoms with E-state index in [1.54, 1.807) is 0 Å². The fourth-order valence-electron chi connectivity index (χ4n) is 5.46. The van der Waals surface area contributed by atoms with Crippen molar-refractivity contribution in [3.63, 3.8) is 0 Å². The minimum absolute atomic E-state index is 0.00271. The molecule has 0 fully saturated rings. The number of nitro groups is 1. The highest BCUT2D eigenvalue weighted by molar-refractivity contribution is 7.90. The number of benzene rings is 3. The lowest BCUT2D eigenvalue weighted by molar-refractivity contribution is -0.384. The number of hydrogen-bond donors (Lipinski definition) is 5. The first-order chi connectivity index (χ1) is 22.5. The molecule has 0 saturated carbocycles. The van der Waals surface area contributed by atoms with E-state index in [-0.39, 0.29) is 45.5 Å². The summed E-state index contributed by atoms with van der Waals surface area (Å²) in [5.41, 5.74) is 1.96. The molecule has 3 aromatic carbocycles.